The molecule has 2 aliphatic rings. The van der Waals surface area contributed by atoms with Crippen LogP contribution in [0, 0.1) is 5.92 Å². The van der Waals surface area contributed by atoms with Gasteiger partial charge in [0.15, 0.2) is 5.69 Å². The van der Waals surface area contributed by atoms with Crippen LogP contribution in [-0.2, 0) is 11.0 Å². The van der Waals surface area contributed by atoms with Gasteiger partial charge in [0.05, 0.1) is 6.61 Å². The molecule has 2 aliphatic heterocycles. The van der Waals surface area contributed by atoms with E-state index < -0.39 is 11.9 Å². The molecule has 1 aromatic heterocycles. The zero-order chi connectivity index (χ0) is 15.0. The molecule has 1 aromatic rings. The lowest BCUT2D eigenvalue weighted by Crippen LogP contribution is -2.31. The Bertz CT molecular complexity index is 538. The van der Waals surface area contributed by atoms with Gasteiger partial charge in [-0.15, -0.1) is 0 Å². The van der Waals surface area contributed by atoms with E-state index in [0.717, 1.165) is 37.9 Å². The first-order chi connectivity index (χ1) is 9.99. The highest BCUT2D eigenvalue weighted by Gasteiger charge is 2.45. The van der Waals surface area contributed by atoms with Gasteiger partial charge in [0.25, 0.3) is 0 Å². The molecule has 0 N–H and O–H groups in total. The van der Waals surface area contributed by atoms with E-state index in [1.54, 1.807) is 4.90 Å². The van der Waals surface area contributed by atoms with Crippen molar-refractivity contribution in [1.29, 1.82) is 0 Å². The summed E-state index contributed by atoms with van der Waals surface area (Å²) in [5.41, 5.74) is -1.02. The predicted octanol–water partition coefficient (Wildman–Crippen LogP) is 1.88. The standard InChI is InChI=1S/C13H14F3N3O2/c14-13(15,16)11-3-4-17-12(18-11)21-6-8-5-9-1-2-10(8)19(9)7-20/h3-4,7-10H,1-2,5-6H2. The number of hydrogen-bond acceptors (Lipinski definition) is 4. The Balaban J connectivity index is 1.63. The van der Waals surface area contributed by atoms with Crippen molar-refractivity contribution in [3.8, 4) is 6.01 Å². The average Bonchev–Trinajstić information content (AvgIpc) is 3.01. The number of ether oxygens (including phenoxy) is 1. The number of alkyl halides is 3. The highest BCUT2D eigenvalue weighted by atomic mass is 19.4. The zero-order valence-electron chi connectivity index (χ0n) is 11.1. The molecule has 0 radical (unpaired) electrons. The largest absolute Gasteiger partial charge is 0.463 e. The summed E-state index contributed by atoms with van der Waals surface area (Å²) in [4.78, 5) is 19.8. The first-order valence-electron chi connectivity index (χ1n) is 6.75. The summed E-state index contributed by atoms with van der Waals surface area (Å²) in [6, 6.07) is 0.894. The Morgan fingerprint density at radius 3 is 2.90 bits per heavy atom. The van der Waals surface area contributed by atoms with Gasteiger partial charge in [0.2, 0.25) is 6.41 Å². The normalized spacial score (nSPS) is 28.0. The molecule has 0 saturated carbocycles. The topological polar surface area (TPSA) is 55.3 Å². The zero-order valence-corrected chi connectivity index (χ0v) is 11.1. The highest BCUT2D eigenvalue weighted by molar-refractivity contribution is 5.50. The van der Waals surface area contributed by atoms with Crippen LogP contribution >= 0.6 is 0 Å². The number of aromatic nitrogens is 2. The second-order valence-corrected chi connectivity index (χ2v) is 5.38. The van der Waals surface area contributed by atoms with Crippen molar-refractivity contribution in [3.63, 3.8) is 0 Å². The van der Waals surface area contributed by atoms with Crippen molar-refractivity contribution in [2.75, 3.05) is 6.61 Å². The van der Waals surface area contributed by atoms with Gasteiger partial charge in [-0.1, -0.05) is 0 Å². The van der Waals surface area contributed by atoms with Crippen LogP contribution in [0.2, 0.25) is 0 Å². The van der Waals surface area contributed by atoms with E-state index in [0.29, 0.717) is 0 Å². The van der Waals surface area contributed by atoms with Gasteiger partial charge in [0, 0.05) is 24.2 Å². The molecular weight excluding hydrogens is 287 g/mol. The van der Waals surface area contributed by atoms with E-state index in [2.05, 4.69) is 9.97 Å². The molecule has 3 atom stereocenters. The Morgan fingerprint density at radius 2 is 2.24 bits per heavy atom. The Labute approximate surface area is 119 Å². The van der Waals surface area contributed by atoms with Gasteiger partial charge in [0.1, 0.15) is 0 Å². The van der Waals surface area contributed by atoms with Crippen LogP contribution in [0.25, 0.3) is 0 Å². The molecule has 0 aromatic carbocycles. The quantitative estimate of drug-likeness (QED) is 0.797. The predicted molar refractivity (Wildman–Crippen MR) is 65.3 cm³/mol. The molecule has 114 valence electrons. The number of carbonyl (C=O) groups is 1. The van der Waals surface area contributed by atoms with E-state index in [9.17, 15) is 18.0 Å². The fourth-order valence-electron chi connectivity index (χ4n) is 3.25. The summed E-state index contributed by atoms with van der Waals surface area (Å²) in [6.07, 6.45) is 0.0950. The monoisotopic (exact) mass is 301 g/mol. The number of hydrogen-bond donors (Lipinski definition) is 0. The fourth-order valence-corrected chi connectivity index (χ4v) is 3.25. The number of rotatable bonds is 4. The minimum atomic E-state index is -4.51. The summed E-state index contributed by atoms with van der Waals surface area (Å²) in [5.74, 6) is 0.132. The maximum absolute atomic E-state index is 12.5. The van der Waals surface area contributed by atoms with Crippen molar-refractivity contribution in [1.82, 2.24) is 14.9 Å². The van der Waals surface area contributed by atoms with Crippen LogP contribution in [-0.4, -0.2) is 40.0 Å². The second-order valence-electron chi connectivity index (χ2n) is 5.38. The van der Waals surface area contributed by atoms with Crippen molar-refractivity contribution >= 4 is 6.41 Å². The first kappa shape index (κ1) is 14.1. The first-order valence-corrected chi connectivity index (χ1v) is 6.75. The Morgan fingerprint density at radius 1 is 1.43 bits per heavy atom. The molecule has 3 rings (SSSR count). The minimum absolute atomic E-state index is 0.123. The maximum atomic E-state index is 12.5. The maximum Gasteiger partial charge on any atom is 0.433 e. The molecule has 2 bridgehead atoms. The summed E-state index contributed by atoms with van der Waals surface area (Å²) in [7, 11) is 0. The van der Waals surface area contributed by atoms with Gasteiger partial charge in [-0.2, -0.15) is 18.2 Å². The molecule has 5 nitrogen and oxygen atoms in total. The SMILES string of the molecule is O=CN1C2CCC1C(COc1nccc(C(F)(F)F)n1)C2. The van der Waals surface area contributed by atoms with Crippen LogP contribution in [0.3, 0.4) is 0 Å². The van der Waals surface area contributed by atoms with E-state index in [4.69, 9.17) is 4.74 Å². The summed E-state index contributed by atoms with van der Waals surface area (Å²) in [6.45, 7) is 0.229. The number of amides is 1. The lowest BCUT2D eigenvalue weighted by Gasteiger charge is -2.21. The van der Waals surface area contributed by atoms with Gasteiger partial charge in [-0.25, -0.2) is 4.98 Å². The molecule has 8 heteroatoms. The van der Waals surface area contributed by atoms with Crippen molar-refractivity contribution in [3.05, 3.63) is 18.0 Å². The number of fused-ring (bicyclic) bond motifs is 2. The Hall–Kier alpha value is -1.86. The molecule has 2 saturated heterocycles. The molecule has 0 aliphatic carbocycles. The average molecular weight is 301 g/mol. The number of nitrogens with zero attached hydrogens (tertiary/aromatic N) is 3. The molecule has 3 heterocycles. The number of carbonyl (C=O) groups excluding carboxylic acids is 1. The van der Waals surface area contributed by atoms with Crippen LogP contribution in [0.15, 0.2) is 12.3 Å². The van der Waals surface area contributed by atoms with E-state index in [1.807, 2.05) is 0 Å². The third-order valence-electron chi connectivity index (χ3n) is 4.19. The third-order valence-corrected chi connectivity index (χ3v) is 4.19. The van der Waals surface area contributed by atoms with E-state index >= 15 is 0 Å². The number of halogens is 3. The molecule has 1 amide bonds. The molecule has 0 spiro atoms. The van der Waals surface area contributed by atoms with Crippen LogP contribution in [0.1, 0.15) is 25.0 Å². The second kappa shape index (κ2) is 5.16. The smallest absolute Gasteiger partial charge is 0.433 e. The van der Waals surface area contributed by atoms with Crippen LogP contribution in [0.4, 0.5) is 13.2 Å². The molecular formula is C13H14F3N3O2. The summed E-state index contributed by atoms with van der Waals surface area (Å²) >= 11 is 0. The van der Waals surface area contributed by atoms with Gasteiger partial charge in [-0.05, 0) is 25.3 Å². The lowest BCUT2D eigenvalue weighted by atomic mass is 9.90. The molecule has 2 fully saturated rings. The Kier molecular flexibility index (Phi) is 3.46. The van der Waals surface area contributed by atoms with Crippen molar-refractivity contribution < 1.29 is 22.7 Å². The molecule has 3 unspecified atom stereocenters. The third kappa shape index (κ3) is 2.66. The van der Waals surface area contributed by atoms with E-state index in [1.165, 1.54) is 0 Å². The van der Waals surface area contributed by atoms with Gasteiger partial charge >= 0.3 is 12.2 Å². The van der Waals surface area contributed by atoms with E-state index in [-0.39, 0.29) is 30.6 Å². The van der Waals surface area contributed by atoms with Crippen LogP contribution < -0.4 is 4.74 Å². The van der Waals surface area contributed by atoms with Crippen LogP contribution in [0.5, 0.6) is 6.01 Å². The summed E-state index contributed by atoms with van der Waals surface area (Å²) < 4.78 is 42.9. The van der Waals surface area contributed by atoms with Crippen molar-refractivity contribution in [2.45, 2.75) is 37.5 Å². The lowest BCUT2D eigenvalue weighted by molar-refractivity contribution is -0.141. The van der Waals surface area contributed by atoms with Gasteiger partial charge in [-0.3, -0.25) is 4.79 Å². The minimum Gasteiger partial charge on any atom is -0.463 e. The fraction of sp³-hybridized carbons (Fsp3) is 0.615. The van der Waals surface area contributed by atoms with Crippen molar-refractivity contribution in [2.24, 2.45) is 5.92 Å². The summed E-state index contributed by atoms with van der Waals surface area (Å²) in [5, 5.41) is 0. The highest BCUT2D eigenvalue weighted by Crippen LogP contribution is 2.40. The molecule has 21 heavy (non-hydrogen) atoms. The van der Waals surface area contributed by atoms with Gasteiger partial charge < -0.3 is 9.64 Å².